The molecule has 2 atom stereocenters. The third-order valence-corrected chi connectivity index (χ3v) is 4.57. The second-order valence-corrected chi connectivity index (χ2v) is 5.84. The summed E-state index contributed by atoms with van der Waals surface area (Å²) in [5.74, 6) is 0.735. The van der Waals surface area contributed by atoms with Crippen LogP contribution in [0, 0.1) is 19.8 Å². The van der Waals surface area contributed by atoms with Gasteiger partial charge in [-0.2, -0.15) is 0 Å². The summed E-state index contributed by atoms with van der Waals surface area (Å²) in [5, 5.41) is 3.39. The van der Waals surface area contributed by atoms with E-state index >= 15 is 0 Å². The molecule has 1 N–H and O–H groups in total. The van der Waals surface area contributed by atoms with Crippen LogP contribution in [-0.4, -0.2) is 31.6 Å². The summed E-state index contributed by atoms with van der Waals surface area (Å²) in [5.41, 5.74) is 4.47. The van der Waals surface area contributed by atoms with Crippen LogP contribution >= 0.6 is 0 Å². The Labute approximate surface area is 118 Å². The highest BCUT2D eigenvalue weighted by atomic mass is 15.2. The van der Waals surface area contributed by atoms with E-state index in [0.29, 0.717) is 6.04 Å². The van der Waals surface area contributed by atoms with Crippen molar-refractivity contribution in [3.05, 3.63) is 34.9 Å². The van der Waals surface area contributed by atoms with E-state index < -0.39 is 0 Å². The zero-order chi connectivity index (χ0) is 13.8. The van der Waals surface area contributed by atoms with Gasteiger partial charge >= 0.3 is 0 Å². The third kappa shape index (κ3) is 3.01. The Morgan fingerprint density at radius 1 is 1.26 bits per heavy atom. The number of nitrogens with zero attached hydrogens (tertiary/aromatic N) is 1. The van der Waals surface area contributed by atoms with E-state index in [9.17, 15) is 0 Å². The predicted molar refractivity (Wildman–Crippen MR) is 82.6 cm³/mol. The molecule has 0 aliphatic carbocycles. The minimum atomic E-state index is 0.590. The van der Waals surface area contributed by atoms with Gasteiger partial charge in [-0.05, 0) is 76.0 Å². The number of nitrogens with one attached hydrogen (secondary N) is 1. The number of hydrogen-bond acceptors (Lipinski definition) is 2. The van der Waals surface area contributed by atoms with Gasteiger partial charge in [-0.1, -0.05) is 25.1 Å². The average molecular weight is 260 g/mol. The van der Waals surface area contributed by atoms with Gasteiger partial charge in [-0.25, -0.2) is 0 Å². The second kappa shape index (κ2) is 6.53. The number of hydrogen-bond donors (Lipinski definition) is 1. The maximum absolute atomic E-state index is 3.39. The Bertz CT molecular complexity index is 391. The molecule has 2 rings (SSSR count). The number of benzene rings is 1. The normalized spacial score (nSPS) is 24.6. The van der Waals surface area contributed by atoms with Gasteiger partial charge in [-0.3, -0.25) is 4.90 Å². The van der Waals surface area contributed by atoms with E-state index in [4.69, 9.17) is 0 Å². The molecule has 1 aliphatic heterocycles. The van der Waals surface area contributed by atoms with Crippen molar-refractivity contribution < 1.29 is 0 Å². The lowest BCUT2D eigenvalue weighted by Gasteiger charge is -2.42. The summed E-state index contributed by atoms with van der Waals surface area (Å²) in [6.45, 7) is 10.3. The summed E-state index contributed by atoms with van der Waals surface area (Å²) in [6, 6.07) is 7.30. The quantitative estimate of drug-likeness (QED) is 0.893. The van der Waals surface area contributed by atoms with E-state index in [-0.39, 0.29) is 0 Å². The fourth-order valence-corrected chi connectivity index (χ4v) is 3.69. The molecule has 0 aromatic heterocycles. The molecule has 1 saturated heterocycles. The van der Waals surface area contributed by atoms with Gasteiger partial charge in [0, 0.05) is 6.04 Å². The van der Waals surface area contributed by atoms with Crippen LogP contribution in [-0.2, 0) is 0 Å². The van der Waals surface area contributed by atoms with Crippen LogP contribution < -0.4 is 5.32 Å². The predicted octanol–water partition coefficient (Wildman–Crippen LogP) is 3.30. The summed E-state index contributed by atoms with van der Waals surface area (Å²) in [7, 11) is 2.08. The smallest absolute Gasteiger partial charge is 0.0393 e. The first-order valence-electron chi connectivity index (χ1n) is 7.63. The first kappa shape index (κ1) is 14.5. The van der Waals surface area contributed by atoms with Crippen LogP contribution in [0.2, 0.25) is 0 Å². The maximum Gasteiger partial charge on any atom is 0.0393 e. The van der Waals surface area contributed by atoms with Gasteiger partial charge in [0.15, 0.2) is 0 Å². The molecule has 1 aromatic carbocycles. The lowest BCUT2D eigenvalue weighted by Crippen LogP contribution is -2.42. The molecule has 2 heteroatoms. The van der Waals surface area contributed by atoms with E-state index in [2.05, 4.69) is 56.2 Å². The van der Waals surface area contributed by atoms with Gasteiger partial charge in [-0.15, -0.1) is 0 Å². The van der Waals surface area contributed by atoms with Crippen molar-refractivity contribution in [3.63, 3.8) is 0 Å². The first-order valence-corrected chi connectivity index (χ1v) is 7.63. The molecule has 106 valence electrons. The van der Waals surface area contributed by atoms with Crippen LogP contribution in [0.3, 0.4) is 0 Å². The number of likely N-dealkylation sites (tertiary alicyclic amines) is 1. The molecule has 1 aromatic rings. The highest BCUT2D eigenvalue weighted by Crippen LogP contribution is 2.38. The van der Waals surface area contributed by atoms with Crippen molar-refractivity contribution in [1.29, 1.82) is 0 Å². The number of piperidine rings is 1. The maximum atomic E-state index is 3.39. The zero-order valence-corrected chi connectivity index (χ0v) is 12.9. The van der Waals surface area contributed by atoms with Gasteiger partial charge in [0.2, 0.25) is 0 Å². The fraction of sp³-hybridized carbons (Fsp3) is 0.647. The highest BCUT2D eigenvalue weighted by Gasteiger charge is 2.32. The highest BCUT2D eigenvalue weighted by molar-refractivity contribution is 5.37. The van der Waals surface area contributed by atoms with Crippen molar-refractivity contribution in [3.8, 4) is 0 Å². The topological polar surface area (TPSA) is 15.3 Å². The molecule has 1 heterocycles. The monoisotopic (exact) mass is 260 g/mol. The molecule has 2 unspecified atom stereocenters. The van der Waals surface area contributed by atoms with Crippen molar-refractivity contribution in [2.45, 2.75) is 39.7 Å². The van der Waals surface area contributed by atoms with Crippen LogP contribution in [0.4, 0.5) is 0 Å². The van der Waals surface area contributed by atoms with E-state index in [1.165, 1.54) is 30.5 Å². The van der Waals surface area contributed by atoms with E-state index in [1.807, 2.05) is 0 Å². The molecule has 0 radical (unpaired) electrons. The minimum Gasteiger partial charge on any atom is -0.319 e. The number of aryl methyl sites for hydroxylation is 2. The fourth-order valence-electron chi connectivity index (χ4n) is 3.69. The molecule has 0 saturated carbocycles. The van der Waals surface area contributed by atoms with Gasteiger partial charge in [0.05, 0.1) is 0 Å². The van der Waals surface area contributed by atoms with Crippen molar-refractivity contribution >= 4 is 0 Å². The summed E-state index contributed by atoms with van der Waals surface area (Å²) >= 11 is 0. The van der Waals surface area contributed by atoms with Gasteiger partial charge in [0.1, 0.15) is 0 Å². The average Bonchev–Trinajstić information content (AvgIpc) is 2.40. The summed E-state index contributed by atoms with van der Waals surface area (Å²) < 4.78 is 0. The molecule has 0 spiro atoms. The largest absolute Gasteiger partial charge is 0.319 e. The van der Waals surface area contributed by atoms with Crippen molar-refractivity contribution in [2.24, 2.45) is 5.92 Å². The lowest BCUT2D eigenvalue weighted by atomic mass is 9.81. The molecule has 0 bridgehead atoms. The van der Waals surface area contributed by atoms with Gasteiger partial charge < -0.3 is 5.32 Å². The minimum absolute atomic E-state index is 0.590. The Morgan fingerprint density at radius 3 is 2.53 bits per heavy atom. The lowest BCUT2D eigenvalue weighted by molar-refractivity contribution is 0.0973. The molecule has 0 amide bonds. The molecule has 1 aliphatic rings. The zero-order valence-electron chi connectivity index (χ0n) is 12.9. The van der Waals surface area contributed by atoms with Crippen molar-refractivity contribution in [2.75, 3.05) is 26.7 Å². The Kier molecular flexibility index (Phi) is 5.00. The van der Waals surface area contributed by atoms with Crippen molar-refractivity contribution in [1.82, 2.24) is 10.2 Å². The second-order valence-electron chi connectivity index (χ2n) is 5.84. The molecule has 2 nitrogen and oxygen atoms in total. The standard InChI is InChI=1S/C17H28N2/c1-5-19-11-7-10-15(12-18-4)17(19)16-13(2)8-6-9-14(16)3/h6,8-9,15,17-18H,5,7,10-12H2,1-4H3. The Hall–Kier alpha value is -0.860. The molecule has 19 heavy (non-hydrogen) atoms. The van der Waals surface area contributed by atoms with E-state index in [1.54, 1.807) is 5.56 Å². The van der Waals surface area contributed by atoms with E-state index in [0.717, 1.165) is 19.0 Å². The molecular formula is C17H28N2. The summed E-state index contributed by atoms with van der Waals surface area (Å²) in [4.78, 5) is 2.67. The number of rotatable bonds is 4. The third-order valence-electron chi connectivity index (χ3n) is 4.57. The first-order chi connectivity index (χ1) is 9.19. The SMILES string of the molecule is CCN1CCCC(CNC)C1c1c(C)cccc1C. The van der Waals surface area contributed by atoms with Gasteiger partial charge in [0.25, 0.3) is 0 Å². The van der Waals surface area contributed by atoms with Crippen LogP contribution in [0.25, 0.3) is 0 Å². The van der Waals surface area contributed by atoms with Crippen LogP contribution in [0.1, 0.15) is 42.5 Å². The molecule has 1 fully saturated rings. The Balaban J connectivity index is 2.39. The molecular weight excluding hydrogens is 232 g/mol. The Morgan fingerprint density at radius 2 is 1.95 bits per heavy atom. The summed E-state index contributed by atoms with van der Waals surface area (Å²) in [6.07, 6.45) is 2.68. The van der Waals surface area contributed by atoms with Crippen LogP contribution in [0.5, 0.6) is 0 Å². The van der Waals surface area contributed by atoms with Crippen LogP contribution in [0.15, 0.2) is 18.2 Å².